The first kappa shape index (κ1) is 23.4. The molecule has 1 aromatic carbocycles. The molecule has 6 nitrogen and oxygen atoms in total. The van der Waals surface area contributed by atoms with Crippen molar-refractivity contribution in [3.8, 4) is 0 Å². The topological polar surface area (TPSA) is 68.5 Å². The second kappa shape index (κ2) is 9.90. The zero-order valence-electron chi connectivity index (χ0n) is 19.2. The molecule has 2 atom stereocenters. The Morgan fingerprint density at radius 3 is 2.45 bits per heavy atom. The fourth-order valence-electron chi connectivity index (χ4n) is 4.24. The number of hydrogen-bond donors (Lipinski definition) is 0. The lowest BCUT2D eigenvalue weighted by atomic mass is 9.78. The third-order valence-electron chi connectivity index (χ3n) is 6.15. The van der Waals surface area contributed by atoms with Gasteiger partial charge in [0.1, 0.15) is 5.82 Å². The molecule has 2 aromatic rings. The van der Waals surface area contributed by atoms with Gasteiger partial charge < -0.3 is 9.26 Å². The molecule has 2 heterocycles. The molecule has 1 aromatic heterocycles. The molecule has 0 amide bonds. The van der Waals surface area contributed by atoms with Crippen LogP contribution in [0.5, 0.6) is 0 Å². The Kier molecular flexibility index (Phi) is 7.46. The Bertz CT molecular complexity index is 852. The van der Waals surface area contributed by atoms with Crippen LogP contribution in [-0.4, -0.2) is 40.7 Å². The Labute approximate surface area is 184 Å². The highest BCUT2D eigenvalue weighted by Gasteiger charge is 2.33. The average Bonchev–Trinajstić information content (AvgIpc) is 3.24. The first-order valence-electron chi connectivity index (χ1n) is 11.2. The number of piperidine rings is 1. The molecule has 0 bridgehead atoms. The average molecular weight is 432 g/mol. The highest BCUT2D eigenvalue weighted by atomic mass is 19.1. The van der Waals surface area contributed by atoms with Crippen LogP contribution in [0.4, 0.5) is 4.39 Å². The number of carbonyl (C=O) groups excluding carboxylic acids is 1. The molecule has 0 saturated carbocycles. The molecular formula is C24H34FN3O3. The molecular weight excluding hydrogens is 397 g/mol. The van der Waals surface area contributed by atoms with Gasteiger partial charge in [0.2, 0.25) is 5.89 Å². The molecule has 170 valence electrons. The van der Waals surface area contributed by atoms with E-state index < -0.39 is 0 Å². The second-order valence-electron chi connectivity index (χ2n) is 9.42. The van der Waals surface area contributed by atoms with Crippen molar-refractivity contribution >= 4 is 5.97 Å². The van der Waals surface area contributed by atoms with Gasteiger partial charge in [-0.1, -0.05) is 38.1 Å². The summed E-state index contributed by atoms with van der Waals surface area (Å²) in [6.45, 7) is 12.2. The van der Waals surface area contributed by atoms with E-state index in [9.17, 15) is 9.18 Å². The third kappa shape index (κ3) is 5.91. The van der Waals surface area contributed by atoms with Crippen molar-refractivity contribution in [1.82, 2.24) is 15.0 Å². The molecule has 1 saturated heterocycles. The maximum Gasteiger partial charge on any atom is 0.306 e. The summed E-state index contributed by atoms with van der Waals surface area (Å²) >= 11 is 0. The first-order valence-corrected chi connectivity index (χ1v) is 11.2. The zero-order chi connectivity index (χ0) is 22.6. The van der Waals surface area contributed by atoms with Crippen LogP contribution < -0.4 is 0 Å². The number of ether oxygens (including phenoxy) is 1. The normalized spacial score (nSPS) is 18.0. The van der Waals surface area contributed by atoms with Crippen LogP contribution in [0.15, 0.2) is 28.8 Å². The van der Waals surface area contributed by atoms with E-state index >= 15 is 0 Å². The molecule has 31 heavy (non-hydrogen) atoms. The molecule has 0 spiro atoms. The summed E-state index contributed by atoms with van der Waals surface area (Å²) in [4.78, 5) is 19.2. The lowest BCUT2D eigenvalue weighted by Gasteiger charge is -2.38. The van der Waals surface area contributed by atoms with Gasteiger partial charge in [-0.05, 0) is 69.3 Å². The Balaban J connectivity index is 1.67. The molecule has 3 rings (SSSR count). The lowest BCUT2D eigenvalue weighted by molar-refractivity contribution is -0.144. The summed E-state index contributed by atoms with van der Waals surface area (Å²) in [7, 11) is 0. The van der Waals surface area contributed by atoms with Crippen LogP contribution in [0.3, 0.4) is 0 Å². The molecule has 0 unspecified atom stereocenters. The maximum atomic E-state index is 13.4. The van der Waals surface area contributed by atoms with Crippen molar-refractivity contribution in [2.45, 2.75) is 71.3 Å². The second-order valence-corrected chi connectivity index (χ2v) is 9.42. The number of rotatable bonds is 7. The fourth-order valence-corrected chi connectivity index (χ4v) is 4.24. The zero-order valence-corrected chi connectivity index (χ0v) is 19.2. The Morgan fingerprint density at radius 1 is 1.26 bits per heavy atom. The van der Waals surface area contributed by atoms with Crippen molar-refractivity contribution in [3.05, 3.63) is 47.4 Å². The van der Waals surface area contributed by atoms with E-state index in [-0.39, 0.29) is 29.2 Å². The fraction of sp³-hybridized carbons (Fsp3) is 0.625. The summed E-state index contributed by atoms with van der Waals surface area (Å²) in [5, 5.41) is 4.15. The largest absolute Gasteiger partial charge is 0.466 e. The van der Waals surface area contributed by atoms with Gasteiger partial charge in [-0.2, -0.15) is 4.98 Å². The van der Waals surface area contributed by atoms with E-state index in [2.05, 4.69) is 42.7 Å². The van der Waals surface area contributed by atoms with Crippen molar-refractivity contribution in [2.24, 2.45) is 5.92 Å². The molecule has 0 radical (unpaired) electrons. The van der Waals surface area contributed by atoms with E-state index in [1.54, 1.807) is 12.1 Å². The standard InChI is InChI=1S/C24H34FN3O3/c1-6-30-21(29)15-20(17-7-9-19(25)10-8-17)18-11-13-28(14-12-18)16(2)22-26-23(27-31-22)24(3,4)5/h7-10,16,18,20H,6,11-15H2,1-5H3/t16-,20+/m1/s1. The van der Waals surface area contributed by atoms with Crippen LogP contribution in [0, 0.1) is 11.7 Å². The summed E-state index contributed by atoms with van der Waals surface area (Å²) < 4.78 is 24.2. The van der Waals surface area contributed by atoms with E-state index in [4.69, 9.17) is 9.26 Å². The van der Waals surface area contributed by atoms with Gasteiger partial charge in [0.25, 0.3) is 0 Å². The number of carbonyl (C=O) groups is 1. The SMILES string of the molecule is CCOC(=O)C[C@@H](c1ccc(F)cc1)C1CCN([C@H](C)c2nc(C(C)(C)C)no2)CC1. The molecule has 1 aliphatic rings. The monoisotopic (exact) mass is 431 g/mol. The smallest absolute Gasteiger partial charge is 0.306 e. The Hall–Kier alpha value is -2.28. The predicted molar refractivity (Wildman–Crippen MR) is 116 cm³/mol. The molecule has 1 fully saturated rings. The Morgan fingerprint density at radius 2 is 1.90 bits per heavy atom. The highest BCUT2D eigenvalue weighted by Crippen LogP contribution is 2.37. The molecule has 7 heteroatoms. The minimum absolute atomic E-state index is 0.0213. The van der Waals surface area contributed by atoms with E-state index in [0.717, 1.165) is 37.3 Å². The molecule has 1 aliphatic heterocycles. The molecule has 0 aliphatic carbocycles. The van der Waals surface area contributed by atoms with Crippen LogP contribution in [-0.2, 0) is 14.9 Å². The van der Waals surface area contributed by atoms with Crippen LogP contribution in [0.1, 0.15) is 83.1 Å². The van der Waals surface area contributed by atoms with Crippen molar-refractivity contribution in [1.29, 1.82) is 0 Å². The van der Waals surface area contributed by atoms with Crippen LogP contribution in [0.2, 0.25) is 0 Å². The quantitative estimate of drug-likeness (QED) is 0.574. The highest BCUT2D eigenvalue weighted by molar-refractivity contribution is 5.70. The van der Waals surface area contributed by atoms with E-state index in [1.807, 2.05) is 6.92 Å². The summed E-state index contributed by atoms with van der Waals surface area (Å²) in [5.41, 5.74) is 0.844. The van der Waals surface area contributed by atoms with Crippen LogP contribution in [0.25, 0.3) is 0 Å². The van der Waals surface area contributed by atoms with Gasteiger partial charge >= 0.3 is 5.97 Å². The maximum absolute atomic E-state index is 13.4. The van der Waals surface area contributed by atoms with Gasteiger partial charge in [0.05, 0.1) is 19.1 Å². The number of hydrogen-bond acceptors (Lipinski definition) is 6. The van der Waals surface area contributed by atoms with Gasteiger partial charge in [0, 0.05) is 5.41 Å². The van der Waals surface area contributed by atoms with Crippen molar-refractivity contribution in [3.63, 3.8) is 0 Å². The van der Waals surface area contributed by atoms with Gasteiger partial charge in [-0.15, -0.1) is 0 Å². The predicted octanol–water partition coefficient (Wildman–Crippen LogP) is 5.02. The third-order valence-corrected chi connectivity index (χ3v) is 6.15. The van der Waals surface area contributed by atoms with E-state index in [0.29, 0.717) is 24.8 Å². The number of aromatic nitrogens is 2. The first-order chi connectivity index (χ1) is 14.7. The minimum Gasteiger partial charge on any atom is -0.466 e. The summed E-state index contributed by atoms with van der Waals surface area (Å²) in [5.74, 6) is 1.24. The molecule has 0 N–H and O–H groups in total. The van der Waals surface area contributed by atoms with Gasteiger partial charge in [0.15, 0.2) is 5.82 Å². The van der Waals surface area contributed by atoms with Crippen molar-refractivity contribution in [2.75, 3.05) is 19.7 Å². The van der Waals surface area contributed by atoms with Crippen molar-refractivity contribution < 1.29 is 18.4 Å². The number of halogens is 1. The number of likely N-dealkylation sites (tertiary alicyclic amines) is 1. The summed E-state index contributed by atoms with van der Waals surface area (Å²) in [6.07, 6.45) is 2.19. The van der Waals surface area contributed by atoms with E-state index in [1.165, 1.54) is 12.1 Å². The van der Waals surface area contributed by atoms with Crippen LogP contribution >= 0.6 is 0 Å². The van der Waals surface area contributed by atoms with Gasteiger partial charge in [-0.3, -0.25) is 9.69 Å². The number of nitrogens with zero attached hydrogens (tertiary/aromatic N) is 3. The lowest BCUT2D eigenvalue weighted by Crippen LogP contribution is -2.38. The summed E-state index contributed by atoms with van der Waals surface area (Å²) in [6, 6.07) is 6.56. The van der Waals surface area contributed by atoms with Gasteiger partial charge in [-0.25, -0.2) is 4.39 Å². The number of benzene rings is 1. The number of esters is 1. The minimum atomic E-state index is -0.267.